The highest BCUT2D eigenvalue weighted by atomic mass is 16.2. The van der Waals surface area contributed by atoms with Crippen molar-refractivity contribution < 1.29 is 4.79 Å². The van der Waals surface area contributed by atoms with Gasteiger partial charge in [-0.2, -0.15) is 0 Å². The van der Waals surface area contributed by atoms with E-state index in [1.165, 1.54) is 11.1 Å². The van der Waals surface area contributed by atoms with Gasteiger partial charge in [0.25, 0.3) is 0 Å². The van der Waals surface area contributed by atoms with Gasteiger partial charge in [0, 0.05) is 13.1 Å². The molecule has 3 rings (SSSR count). The molecular formula is C13H16N2O. The van der Waals surface area contributed by atoms with Crippen molar-refractivity contribution in [1.82, 2.24) is 10.2 Å². The zero-order valence-electron chi connectivity index (χ0n) is 9.28. The van der Waals surface area contributed by atoms with Gasteiger partial charge in [-0.05, 0) is 30.5 Å². The highest BCUT2D eigenvalue weighted by Gasteiger charge is 2.30. The first-order valence-electron chi connectivity index (χ1n) is 5.93. The fraction of sp³-hybridized carbons (Fsp3) is 0.462. The summed E-state index contributed by atoms with van der Waals surface area (Å²) in [6.45, 7) is 2.55. The summed E-state index contributed by atoms with van der Waals surface area (Å²) >= 11 is 0. The van der Waals surface area contributed by atoms with Crippen LogP contribution in [0.3, 0.4) is 0 Å². The second-order valence-electron chi connectivity index (χ2n) is 4.61. The van der Waals surface area contributed by atoms with Gasteiger partial charge in [0.05, 0.1) is 6.04 Å². The average molecular weight is 216 g/mol. The fourth-order valence-electron chi connectivity index (χ4n) is 2.60. The molecule has 0 bridgehead atoms. The van der Waals surface area contributed by atoms with E-state index in [0.717, 1.165) is 32.5 Å². The first-order chi connectivity index (χ1) is 7.84. The van der Waals surface area contributed by atoms with Crippen LogP contribution in [-0.4, -0.2) is 23.4 Å². The molecule has 0 spiro atoms. The molecule has 1 N–H and O–H groups in total. The molecule has 0 aromatic heterocycles. The Hall–Kier alpha value is -1.35. The molecule has 3 nitrogen and oxygen atoms in total. The second-order valence-corrected chi connectivity index (χ2v) is 4.61. The molecule has 16 heavy (non-hydrogen) atoms. The number of amides is 1. The maximum absolute atomic E-state index is 12.2. The third-order valence-corrected chi connectivity index (χ3v) is 3.51. The number of hydrogen-bond donors (Lipinski definition) is 1. The van der Waals surface area contributed by atoms with Crippen molar-refractivity contribution in [2.75, 3.05) is 6.54 Å². The smallest absolute Gasteiger partial charge is 0.240 e. The molecule has 1 unspecified atom stereocenters. The lowest BCUT2D eigenvalue weighted by molar-refractivity contribution is -0.133. The van der Waals surface area contributed by atoms with Gasteiger partial charge in [0.1, 0.15) is 0 Å². The minimum absolute atomic E-state index is 0.0642. The van der Waals surface area contributed by atoms with E-state index in [-0.39, 0.29) is 11.9 Å². The van der Waals surface area contributed by atoms with Crippen LogP contribution in [0.15, 0.2) is 24.3 Å². The van der Waals surface area contributed by atoms with Crippen LogP contribution >= 0.6 is 0 Å². The monoisotopic (exact) mass is 216 g/mol. The van der Waals surface area contributed by atoms with E-state index < -0.39 is 0 Å². The molecule has 1 aromatic carbocycles. The summed E-state index contributed by atoms with van der Waals surface area (Å²) in [5.41, 5.74) is 2.60. The first kappa shape index (κ1) is 9.85. The lowest BCUT2D eigenvalue weighted by Gasteiger charge is -2.19. The number of carbonyl (C=O) groups excluding carboxylic acids is 1. The molecule has 1 atom stereocenters. The van der Waals surface area contributed by atoms with Gasteiger partial charge in [0.15, 0.2) is 0 Å². The molecule has 1 aromatic rings. The van der Waals surface area contributed by atoms with Crippen LogP contribution in [0.4, 0.5) is 0 Å². The predicted molar refractivity (Wildman–Crippen MR) is 61.7 cm³/mol. The van der Waals surface area contributed by atoms with Gasteiger partial charge < -0.3 is 10.2 Å². The summed E-state index contributed by atoms with van der Waals surface area (Å²) < 4.78 is 0. The maximum atomic E-state index is 12.2. The van der Waals surface area contributed by atoms with Gasteiger partial charge in [-0.15, -0.1) is 0 Å². The third kappa shape index (κ3) is 1.61. The van der Waals surface area contributed by atoms with Crippen molar-refractivity contribution in [3.8, 4) is 0 Å². The van der Waals surface area contributed by atoms with Crippen LogP contribution in [0.1, 0.15) is 24.0 Å². The Morgan fingerprint density at radius 3 is 2.50 bits per heavy atom. The zero-order chi connectivity index (χ0) is 11.0. The van der Waals surface area contributed by atoms with Crippen molar-refractivity contribution >= 4 is 5.91 Å². The number of fused-ring (bicyclic) bond motifs is 1. The largest absolute Gasteiger partial charge is 0.333 e. The molecule has 0 radical (unpaired) electrons. The van der Waals surface area contributed by atoms with E-state index in [4.69, 9.17) is 0 Å². The van der Waals surface area contributed by atoms with Gasteiger partial charge in [-0.3, -0.25) is 4.79 Å². The summed E-state index contributed by atoms with van der Waals surface area (Å²) in [7, 11) is 0. The standard InChI is InChI=1S/C13H16N2O/c16-13(12-6-3-7-14-12)15-8-10-4-1-2-5-11(10)9-15/h1-2,4-5,12,14H,3,6-9H2. The lowest BCUT2D eigenvalue weighted by Crippen LogP contribution is -2.40. The Morgan fingerprint density at radius 2 is 1.94 bits per heavy atom. The maximum Gasteiger partial charge on any atom is 0.240 e. The van der Waals surface area contributed by atoms with Crippen LogP contribution in [0.25, 0.3) is 0 Å². The van der Waals surface area contributed by atoms with E-state index in [9.17, 15) is 4.79 Å². The Kier molecular flexibility index (Phi) is 2.40. The Balaban J connectivity index is 1.73. The van der Waals surface area contributed by atoms with Gasteiger partial charge in [0.2, 0.25) is 5.91 Å². The molecule has 84 valence electrons. The summed E-state index contributed by atoms with van der Waals surface area (Å²) in [5, 5.41) is 3.27. The number of nitrogens with zero attached hydrogens (tertiary/aromatic N) is 1. The summed E-state index contributed by atoms with van der Waals surface area (Å²) in [4.78, 5) is 14.1. The number of rotatable bonds is 1. The van der Waals surface area contributed by atoms with Crippen molar-refractivity contribution in [3.63, 3.8) is 0 Å². The molecule has 2 aliphatic heterocycles. The zero-order valence-corrected chi connectivity index (χ0v) is 9.28. The van der Waals surface area contributed by atoms with Crippen molar-refractivity contribution in [2.45, 2.75) is 32.0 Å². The Bertz CT molecular complexity index is 385. The quantitative estimate of drug-likeness (QED) is 0.767. The third-order valence-electron chi connectivity index (χ3n) is 3.51. The second kappa shape index (κ2) is 3.91. The molecule has 0 aliphatic carbocycles. The molecule has 0 saturated carbocycles. The van der Waals surface area contributed by atoms with Crippen molar-refractivity contribution in [3.05, 3.63) is 35.4 Å². The van der Waals surface area contributed by atoms with Gasteiger partial charge >= 0.3 is 0 Å². The van der Waals surface area contributed by atoms with E-state index in [1.54, 1.807) is 0 Å². The van der Waals surface area contributed by atoms with Crippen LogP contribution in [0.5, 0.6) is 0 Å². The molecule has 1 amide bonds. The number of hydrogen-bond acceptors (Lipinski definition) is 2. The van der Waals surface area contributed by atoms with Crippen LogP contribution in [0, 0.1) is 0 Å². The van der Waals surface area contributed by atoms with Gasteiger partial charge in [-0.25, -0.2) is 0 Å². The summed E-state index contributed by atoms with van der Waals surface area (Å²) in [5.74, 6) is 0.272. The molecule has 2 heterocycles. The van der Waals surface area contributed by atoms with E-state index >= 15 is 0 Å². The van der Waals surface area contributed by atoms with Crippen molar-refractivity contribution in [1.29, 1.82) is 0 Å². The van der Waals surface area contributed by atoms with E-state index in [0.29, 0.717) is 0 Å². The van der Waals surface area contributed by atoms with Gasteiger partial charge in [-0.1, -0.05) is 24.3 Å². The van der Waals surface area contributed by atoms with Crippen molar-refractivity contribution in [2.24, 2.45) is 0 Å². The summed E-state index contributed by atoms with van der Waals surface area (Å²) in [6, 6.07) is 8.38. The fourth-order valence-corrected chi connectivity index (χ4v) is 2.60. The van der Waals surface area contributed by atoms with E-state index in [2.05, 4.69) is 17.4 Å². The van der Waals surface area contributed by atoms with Crippen LogP contribution < -0.4 is 5.32 Å². The molecule has 2 aliphatic rings. The number of carbonyl (C=O) groups is 1. The van der Waals surface area contributed by atoms with Crippen LogP contribution in [0.2, 0.25) is 0 Å². The molecular weight excluding hydrogens is 200 g/mol. The number of nitrogens with one attached hydrogen (secondary N) is 1. The van der Waals surface area contributed by atoms with E-state index in [1.807, 2.05) is 17.0 Å². The topological polar surface area (TPSA) is 32.3 Å². The van der Waals surface area contributed by atoms with Crippen LogP contribution in [-0.2, 0) is 17.9 Å². The SMILES string of the molecule is O=C(C1CCCN1)N1Cc2ccccc2C1. The average Bonchev–Trinajstić information content (AvgIpc) is 2.97. The predicted octanol–water partition coefficient (Wildman–Crippen LogP) is 1.28. The highest BCUT2D eigenvalue weighted by molar-refractivity contribution is 5.82. The molecule has 1 fully saturated rings. The molecule has 3 heteroatoms. The minimum Gasteiger partial charge on any atom is -0.333 e. The lowest BCUT2D eigenvalue weighted by atomic mass is 10.1. The molecule has 1 saturated heterocycles. The highest BCUT2D eigenvalue weighted by Crippen LogP contribution is 2.23. The Labute approximate surface area is 95.4 Å². The normalized spacial score (nSPS) is 23.5. The first-order valence-corrected chi connectivity index (χ1v) is 5.93. The minimum atomic E-state index is 0.0642. The Morgan fingerprint density at radius 1 is 1.25 bits per heavy atom. The summed E-state index contributed by atoms with van der Waals surface area (Å²) in [6.07, 6.45) is 2.11. The number of benzene rings is 1.